The molecule has 1 unspecified atom stereocenters. The van der Waals surface area contributed by atoms with Crippen LogP contribution < -0.4 is 10.6 Å². The number of hydrogen-bond donors (Lipinski definition) is 2. The monoisotopic (exact) mass is 439 g/mol. The minimum atomic E-state index is -3.64. The molecule has 0 radical (unpaired) electrons. The fraction of sp³-hybridized carbons (Fsp3) is 0.292. The number of alkyl halides is 2. The summed E-state index contributed by atoms with van der Waals surface area (Å²) in [6.45, 7) is 5.98. The molecule has 0 spiro atoms. The van der Waals surface area contributed by atoms with E-state index < -0.39 is 17.9 Å². The van der Waals surface area contributed by atoms with Crippen LogP contribution in [0.5, 0.6) is 0 Å². The molecular weight excluding hydrogens is 416 g/mol. The largest absolute Gasteiger partial charge is 0.355 e. The van der Waals surface area contributed by atoms with Crippen LogP contribution in [0, 0.1) is 6.92 Å². The molecule has 2 aromatic carbocycles. The van der Waals surface area contributed by atoms with Gasteiger partial charge in [0.25, 0.3) is 5.91 Å². The normalized spacial score (nSPS) is 18.4. The van der Waals surface area contributed by atoms with Crippen LogP contribution in [-0.2, 0) is 33.4 Å². The van der Waals surface area contributed by atoms with Gasteiger partial charge < -0.3 is 10.2 Å². The van der Waals surface area contributed by atoms with E-state index in [1.54, 1.807) is 12.1 Å². The Kier molecular flexibility index (Phi) is 5.54. The van der Waals surface area contributed by atoms with E-state index in [2.05, 4.69) is 17.2 Å². The molecule has 2 aliphatic rings. The van der Waals surface area contributed by atoms with E-state index in [1.165, 1.54) is 25.1 Å². The lowest BCUT2D eigenvalue weighted by Gasteiger charge is -2.31. The summed E-state index contributed by atoms with van der Waals surface area (Å²) in [5.74, 6) is -5.63. The van der Waals surface area contributed by atoms with Crippen molar-refractivity contribution in [3.8, 4) is 0 Å². The molecule has 2 N–H and O–H groups in total. The van der Waals surface area contributed by atoms with Gasteiger partial charge in [0.1, 0.15) is 6.04 Å². The Morgan fingerprint density at radius 3 is 2.72 bits per heavy atom. The summed E-state index contributed by atoms with van der Waals surface area (Å²) in [5.41, 5.74) is 3.11. The number of carbonyl (C=O) groups excluding carboxylic acids is 3. The van der Waals surface area contributed by atoms with E-state index in [9.17, 15) is 23.2 Å². The molecule has 1 fully saturated rings. The summed E-state index contributed by atoms with van der Waals surface area (Å²) < 4.78 is 29.2. The van der Waals surface area contributed by atoms with Crippen LogP contribution in [0.1, 0.15) is 40.7 Å². The summed E-state index contributed by atoms with van der Waals surface area (Å²) in [7, 11) is 0. The van der Waals surface area contributed by atoms with Gasteiger partial charge in [-0.15, -0.1) is 0 Å². The molecule has 2 heterocycles. The predicted octanol–water partition coefficient (Wildman–Crippen LogP) is 2.99. The number of amides is 3. The molecule has 0 bridgehead atoms. The van der Waals surface area contributed by atoms with Crippen LogP contribution in [0.15, 0.2) is 49.0 Å². The van der Waals surface area contributed by atoms with Crippen molar-refractivity contribution in [3.05, 3.63) is 76.9 Å². The second-order valence-electron chi connectivity index (χ2n) is 8.10. The Morgan fingerprint density at radius 1 is 1.25 bits per heavy atom. The number of fused-ring (bicyclic) bond motifs is 1. The Hall–Kier alpha value is -3.55. The SMILES string of the molecule is C=C1c2ccc(CNC(=O)C(F)(F)c3ccccc3C)cc2CN1C1CCC(=O)NC1=O. The van der Waals surface area contributed by atoms with E-state index in [0.717, 1.165) is 11.1 Å². The zero-order valence-corrected chi connectivity index (χ0v) is 17.6. The molecule has 6 nitrogen and oxygen atoms in total. The fourth-order valence-electron chi connectivity index (χ4n) is 4.22. The third-order valence-electron chi connectivity index (χ3n) is 5.98. The van der Waals surface area contributed by atoms with Crippen molar-refractivity contribution >= 4 is 23.4 Å². The van der Waals surface area contributed by atoms with E-state index >= 15 is 0 Å². The van der Waals surface area contributed by atoms with Gasteiger partial charge in [0.15, 0.2) is 0 Å². The first kappa shape index (κ1) is 21.7. The highest BCUT2D eigenvalue weighted by Crippen LogP contribution is 2.36. The number of benzene rings is 2. The van der Waals surface area contributed by atoms with E-state index in [-0.39, 0.29) is 30.3 Å². The van der Waals surface area contributed by atoms with Gasteiger partial charge in [0.2, 0.25) is 11.8 Å². The fourth-order valence-corrected chi connectivity index (χ4v) is 4.22. The first-order chi connectivity index (χ1) is 15.2. The van der Waals surface area contributed by atoms with Crippen molar-refractivity contribution in [1.29, 1.82) is 0 Å². The topological polar surface area (TPSA) is 78.5 Å². The minimum Gasteiger partial charge on any atom is -0.355 e. The third-order valence-corrected chi connectivity index (χ3v) is 5.98. The third kappa shape index (κ3) is 3.88. The zero-order valence-electron chi connectivity index (χ0n) is 17.6. The second-order valence-corrected chi connectivity index (χ2v) is 8.10. The van der Waals surface area contributed by atoms with Gasteiger partial charge in [-0.1, -0.05) is 49.0 Å². The van der Waals surface area contributed by atoms with Crippen molar-refractivity contribution in [2.45, 2.75) is 44.8 Å². The van der Waals surface area contributed by atoms with Gasteiger partial charge in [-0.25, -0.2) is 0 Å². The highest BCUT2D eigenvalue weighted by atomic mass is 19.3. The summed E-state index contributed by atoms with van der Waals surface area (Å²) >= 11 is 0. The first-order valence-electron chi connectivity index (χ1n) is 10.3. The number of hydrogen-bond acceptors (Lipinski definition) is 4. The molecule has 32 heavy (non-hydrogen) atoms. The zero-order chi connectivity index (χ0) is 23.0. The summed E-state index contributed by atoms with van der Waals surface area (Å²) in [5, 5.41) is 4.68. The van der Waals surface area contributed by atoms with E-state index in [4.69, 9.17) is 0 Å². The number of aryl methyl sites for hydroxylation is 1. The number of piperidine rings is 1. The van der Waals surface area contributed by atoms with Crippen molar-refractivity contribution in [2.24, 2.45) is 0 Å². The van der Waals surface area contributed by atoms with Gasteiger partial charge in [-0.05, 0) is 30.0 Å². The Morgan fingerprint density at radius 2 is 2.00 bits per heavy atom. The number of nitrogens with one attached hydrogen (secondary N) is 2. The summed E-state index contributed by atoms with van der Waals surface area (Å²) in [6.07, 6.45) is 0.678. The molecule has 1 atom stereocenters. The highest BCUT2D eigenvalue weighted by molar-refractivity contribution is 6.01. The highest BCUT2D eigenvalue weighted by Gasteiger charge is 2.42. The minimum absolute atomic E-state index is 0.0571. The van der Waals surface area contributed by atoms with Crippen LogP contribution in [0.4, 0.5) is 8.78 Å². The Balaban J connectivity index is 1.44. The number of carbonyl (C=O) groups is 3. The van der Waals surface area contributed by atoms with Gasteiger partial charge >= 0.3 is 5.92 Å². The van der Waals surface area contributed by atoms with E-state index in [1.807, 2.05) is 17.0 Å². The van der Waals surface area contributed by atoms with Crippen LogP contribution in [0.2, 0.25) is 0 Å². The molecule has 0 saturated carbocycles. The lowest BCUT2D eigenvalue weighted by molar-refractivity contribution is -0.147. The molecule has 3 amide bonds. The summed E-state index contributed by atoms with van der Waals surface area (Å²) in [6, 6.07) is 10.8. The predicted molar refractivity (Wildman–Crippen MR) is 114 cm³/mol. The number of nitrogens with zero attached hydrogens (tertiary/aromatic N) is 1. The second kappa shape index (κ2) is 8.18. The van der Waals surface area contributed by atoms with Gasteiger partial charge in [-0.3, -0.25) is 19.7 Å². The quantitative estimate of drug-likeness (QED) is 0.703. The maximum Gasteiger partial charge on any atom is 0.350 e. The molecule has 0 aromatic heterocycles. The average Bonchev–Trinajstić information content (AvgIpc) is 3.07. The molecule has 4 rings (SSSR count). The van der Waals surface area contributed by atoms with Crippen molar-refractivity contribution in [2.75, 3.05) is 0 Å². The van der Waals surface area contributed by atoms with Crippen LogP contribution in [0.3, 0.4) is 0 Å². The van der Waals surface area contributed by atoms with Crippen molar-refractivity contribution in [3.63, 3.8) is 0 Å². The number of halogens is 2. The van der Waals surface area contributed by atoms with Crippen molar-refractivity contribution < 1.29 is 23.2 Å². The maximum absolute atomic E-state index is 14.6. The van der Waals surface area contributed by atoms with Crippen LogP contribution >= 0.6 is 0 Å². The lowest BCUT2D eigenvalue weighted by atomic mass is 10.0. The lowest BCUT2D eigenvalue weighted by Crippen LogP contribution is -2.50. The maximum atomic E-state index is 14.6. The van der Waals surface area contributed by atoms with Gasteiger partial charge in [-0.2, -0.15) is 8.78 Å². The molecule has 166 valence electrons. The summed E-state index contributed by atoms with van der Waals surface area (Å²) in [4.78, 5) is 37.7. The average molecular weight is 439 g/mol. The van der Waals surface area contributed by atoms with Gasteiger partial charge in [0.05, 0.1) is 0 Å². The molecule has 1 saturated heterocycles. The Bertz CT molecular complexity index is 1130. The number of imide groups is 1. The molecule has 8 heteroatoms. The van der Waals surface area contributed by atoms with Crippen LogP contribution in [0.25, 0.3) is 5.70 Å². The van der Waals surface area contributed by atoms with Gasteiger partial charge in [0, 0.05) is 36.3 Å². The smallest absolute Gasteiger partial charge is 0.350 e. The standard InChI is InChI=1S/C24H23F2N3O3/c1-14-5-3-4-6-19(14)24(25,26)23(32)27-12-16-7-8-18-15(2)29(13-17(18)11-16)20-9-10-21(30)28-22(20)31/h3-8,11,20H,2,9-10,12-13H2,1H3,(H,27,32)(H,28,30,31). The molecule has 2 aliphatic heterocycles. The van der Waals surface area contributed by atoms with Crippen LogP contribution in [-0.4, -0.2) is 28.7 Å². The van der Waals surface area contributed by atoms with E-state index in [0.29, 0.717) is 29.8 Å². The molecular formula is C24H23F2N3O3. The number of rotatable bonds is 5. The first-order valence-corrected chi connectivity index (χ1v) is 10.3. The Labute approximate surface area is 184 Å². The molecule has 0 aliphatic carbocycles. The molecule has 2 aromatic rings. The van der Waals surface area contributed by atoms with Crippen molar-refractivity contribution in [1.82, 2.24) is 15.5 Å².